The molecule has 2 aliphatic rings. The highest BCUT2D eigenvalue weighted by Crippen LogP contribution is 2.40. The average molecular weight is 323 g/mol. The molecule has 4 nitrogen and oxygen atoms in total. The summed E-state index contributed by atoms with van der Waals surface area (Å²) in [7, 11) is 0. The highest BCUT2D eigenvalue weighted by molar-refractivity contribution is 6.06. The van der Waals surface area contributed by atoms with E-state index < -0.39 is 0 Å². The van der Waals surface area contributed by atoms with Gasteiger partial charge in [0.2, 0.25) is 0 Å². The van der Waals surface area contributed by atoms with Gasteiger partial charge in [0, 0.05) is 35.6 Å². The van der Waals surface area contributed by atoms with E-state index in [0.717, 1.165) is 47.1 Å². The first-order chi connectivity index (χ1) is 11.5. The van der Waals surface area contributed by atoms with E-state index in [0.29, 0.717) is 5.92 Å². The first kappa shape index (κ1) is 15.6. The van der Waals surface area contributed by atoms with Crippen molar-refractivity contribution < 1.29 is 4.79 Å². The lowest BCUT2D eigenvalue weighted by atomic mass is 9.96. The van der Waals surface area contributed by atoms with Crippen LogP contribution in [0.3, 0.4) is 0 Å². The molecule has 2 N–H and O–H groups in total. The quantitative estimate of drug-likeness (QED) is 0.922. The molecule has 0 spiro atoms. The minimum absolute atomic E-state index is 0.134. The lowest BCUT2D eigenvalue weighted by Crippen LogP contribution is -2.48. The van der Waals surface area contributed by atoms with Gasteiger partial charge in [-0.05, 0) is 57.7 Å². The van der Waals surface area contributed by atoms with E-state index in [4.69, 9.17) is 10.7 Å². The second kappa shape index (κ2) is 5.85. The summed E-state index contributed by atoms with van der Waals surface area (Å²) in [4.78, 5) is 20.1. The number of benzene rings is 1. The number of pyridine rings is 1. The van der Waals surface area contributed by atoms with Crippen LogP contribution in [0.15, 0.2) is 24.3 Å². The van der Waals surface area contributed by atoms with Gasteiger partial charge >= 0.3 is 0 Å². The molecule has 1 aliphatic carbocycles. The molecule has 0 radical (unpaired) electrons. The molecule has 2 aromatic rings. The second-order valence-electron chi connectivity index (χ2n) is 7.52. The van der Waals surface area contributed by atoms with Crippen molar-refractivity contribution in [1.82, 2.24) is 9.88 Å². The van der Waals surface area contributed by atoms with Crippen LogP contribution in [0, 0.1) is 6.92 Å². The van der Waals surface area contributed by atoms with Gasteiger partial charge in [0.1, 0.15) is 0 Å². The molecule has 24 heavy (non-hydrogen) atoms. The van der Waals surface area contributed by atoms with Crippen LogP contribution in [0.25, 0.3) is 10.9 Å². The van der Waals surface area contributed by atoms with Gasteiger partial charge in [0.15, 0.2) is 0 Å². The van der Waals surface area contributed by atoms with Crippen molar-refractivity contribution in [2.45, 2.75) is 57.5 Å². The minimum atomic E-state index is 0.134. The van der Waals surface area contributed by atoms with Crippen LogP contribution in [-0.4, -0.2) is 34.4 Å². The Morgan fingerprint density at radius 2 is 2.04 bits per heavy atom. The highest BCUT2D eigenvalue weighted by Gasteiger charge is 2.31. The normalized spacial score (nSPS) is 24.4. The summed E-state index contributed by atoms with van der Waals surface area (Å²) in [5, 5.41) is 0.978. The molecule has 2 fully saturated rings. The number of aryl methyl sites for hydroxylation is 1. The summed E-state index contributed by atoms with van der Waals surface area (Å²) in [5.41, 5.74) is 10.1. The predicted molar refractivity (Wildman–Crippen MR) is 96.2 cm³/mol. The van der Waals surface area contributed by atoms with E-state index in [1.807, 2.05) is 17.0 Å². The summed E-state index contributed by atoms with van der Waals surface area (Å²) >= 11 is 0. The van der Waals surface area contributed by atoms with E-state index in [1.165, 1.54) is 12.8 Å². The number of carbonyl (C=O) groups excluding carboxylic acids is 1. The molecule has 1 aromatic carbocycles. The van der Waals surface area contributed by atoms with Gasteiger partial charge in [-0.2, -0.15) is 0 Å². The van der Waals surface area contributed by atoms with Crippen LogP contribution in [0.2, 0.25) is 0 Å². The third-order valence-corrected chi connectivity index (χ3v) is 5.39. The van der Waals surface area contributed by atoms with Crippen LogP contribution >= 0.6 is 0 Å². The number of likely N-dealkylation sites (tertiary alicyclic amines) is 1. The molecule has 2 heterocycles. The average Bonchev–Trinajstić information content (AvgIpc) is 3.38. The van der Waals surface area contributed by atoms with Crippen LogP contribution in [0.4, 0.5) is 0 Å². The fourth-order valence-electron chi connectivity index (χ4n) is 3.79. The Hall–Kier alpha value is -1.94. The first-order valence-electron chi connectivity index (χ1n) is 9.01. The second-order valence-corrected chi connectivity index (χ2v) is 7.52. The third-order valence-electron chi connectivity index (χ3n) is 5.39. The molecule has 1 aliphatic heterocycles. The van der Waals surface area contributed by atoms with Crippen molar-refractivity contribution in [2.24, 2.45) is 5.73 Å². The molecule has 1 amide bonds. The molecule has 4 rings (SSSR count). The Bertz CT molecular complexity index is 797. The third kappa shape index (κ3) is 2.80. The van der Waals surface area contributed by atoms with Gasteiger partial charge in [0.25, 0.3) is 5.91 Å². The Labute approximate surface area is 143 Å². The van der Waals surface area contributed by atoms with E-state index >= 15 is 0 Å². The number of rotatable bonds is 2. The molecule has 1 saturated heterocycles. The van der Waals surface area contributed by atoms with Gasteiger partial charge in [-0.3, -0.25) is 9.78 Å². The smallest absolute Gasteiger partial charge is 0.254 e. The zero-order valence-electron chi connectivity index (χ0n) is 14.5. The fraction of sp³-hybridized carbons (Fsp3) is 0.500. The van der Waals surface area contributed by atoms with Gasteiger partial charge in [-0.25, -0.2) is 0 Å². The number of hydrogen-bond donors (Lipinski definition) is 1. The number of amides is 1. The Kier molecular flexibility index (Phi) is 3.80. The minimum Gasteiger partial charge on any atom is -0.336 e. The Morgan fingerprint density at radius 1 is 1.25 bits per heavy atom. The van der Waals surface area contributed by atoms with E-state index in [9.17, 15) is 4.79 Å². The largest absolute Gasteiger partial charge is 0.336 e. The van der Waals surface area contributed by atoms with Gasteiger partial charge in [-0.1, -0.05) is 11.6 Å². The van der Waals surface area contributed by atoms with Gasteiger partial charge in [0.05, 0.1) is 11.1 Å². The lowest BCUT2D eigenvalue weighted by molar-refractivity contribution is 0.0621. The zero-order chi connectivity index (χ0) is 16.8. The number of piperidine rings is 1. The Morgan fingerprint density at radius 3 is 2.75 bits per heavy atom. The number of nitrogens with two attached hydrogens (primary N) is 1. The van der Waals surface area contributed by atoms with Crippen LogP contribution < -0.4 is 5.73 Å². The van der Waals surface area contributed by atoms with Crippen LogP contribution in [-0.2, 0) is 0 Å². The topological polar surface area (TPSA) is 59.2 Å². The monoisotopic (exact) mass is 323 g/mol. The molecule has 0 bridgehead atoms. The van der Waals surface area contributed by atoms with Crippen molar-refractivity contribution in [3.63, 3.8) is 0 Å². The van der Waals surface area contributed by atoms with Crippen molar-refractivity contribution in [1.29, 1.82) is 0 Å². The van der Waals surface area contributed by atoms with Crippen LogP contribution in [0.1, 0.15) is 60.1 Å². The molecule has 0 unspecified atom stereocenters. The van der Waals surface area contributed by atoms with Crippen LogP contribution in [0.5, 0.6) is 0 Å². The molecule has 1 saturated carbocycles. The molecular formula is C20H25N3O. The maximum Gasteiger partial charge on any atom is 0.254 e. The summed E-state index contributed by atoms with van der Waals surface area (Å²) < 4.78 is 0. The van der Waals surface area contributed by atoms with Gasteiger partial charge < -0.3 is 10.6 Å². The van der Waals surface area contributed by atoms with E-state index in [1.54, 1.807) is 0 Å². The predicted octanol–water partition coefficient (Wildman–Crippen LogP) is 3.37. The molecule has 1 aromatic heterocycles. The molecule has 126 valence electrons. The van der Waals surface area contributed by atoms with Crippen molar-refractivity contribution in [3.05, 3.63) is 41.1 Å². The van der Waals surface area contributed by atoms with E-state index in [2.05, 4.69) is 26.0 Å². The maximum atomic E-state index is 13.3. The molecule has 2 atom stereocenters. The fourth-order valence-corrected chi connectivity index (χ4v) is 3.79. The SMILES string of the molecule is Cc1ccc2nc(C3CC3)cc(C(=O)N3CC[C@H](N)C[C@H]3C)c2c1. The standard InChI is InChI=1S/C20H25N3O/c1-12-3-6-18-16(9-12)17(11-19(22-18)14-4-5-14)20(24)23-8-7-15(21)10-13(23)2/h3,6,9,11,13-15H,4-5,7-8,10,21H2,1-2H3/t13-,15+/m1/s1. The summed E-state index contributed by atoms with van der Waals surface area (Å²) in [5.74, 6) is 0.670. The number of carbonyl (C=O) groups is 1. The summed E-state index contributed by atoms with van der Waals surface area (Å²) in [6.45, 7) is 4.91. The van der Waals surface area contributed by atoms with Crippen molar-refractivity contribution in [3.8, 4) is 0 Å². The summed E-state index contributed by atoms with van der Waals surface area (Å²) in [6.07, 6.45) is 4.14. The van der Waals surface area contributed by atoms with E-state index in [-0.39, 0.29) is 18.0 Å². The molecule has 4 heteroatoms. The number of fused-ring (bicyclic) bond motifs is 1. The number of nitrogens with zero attached hydrogens (tertiary/aromatic N) is 2. The van der Waals surface area contributed by atoms with Crippen molar-refractivity contribution >= 4 is 16.8 Å². The molecular weight excluding hydrogens is 298 g/mol. The van der Waals surface area contributed by atoms with Gasteiger partial charge in [-0.15, -0.1) is 0 Å². The lowest BCUT2D eigenvalue weighted by Gasteiger charge is -2.36. The summed E-state index contributed by atoms with van der Waals surface area (Å²) in [6, 6.07) is 8.66. The maximum absolute atomic E-state index is 13.3. The number of aromatic nitrogens is 1. The highest BCUT2D eigenvalue weighted by atomic mass is 16.2. The Balaban J connectivity index is 1.79. The number of hydrogen-bond acceptors (Lipinski definition) is 3. The zero-order valence-corrected chi connectivity index (χ0v) is 14.5. The first-order valence-corrected chi connectivity index (χ1v) is 9.01. The van der Waals surface area contributed by atoms with Crippen molar-refractivity contribution in [2.75, 3.05) is 6.54 Å².